The van der Waals surface area contributed by atoms with Crippen molar-refractivity contribution in [3.63, 3.8) is 0 Å². The van der Waals surface area contributed by atoms with Crippen LogP contribution in [0.2, 0.25) is 5.02 Å². The van der Waals surface area contributed by atoms with E-state index in [2.05, 4.69) is 5.10 Å². The van der Waals surface area contributed by atoms with Gasteiger partial charge < -0.3 is 10.5 Å². The van der Waals surface area contributed by atoms with Crippen LogP contribution >= 0.6 is 11.6 Å². The molecule has 0 saturated carbocycles. The number of carbonyl (C=O) groups excluding carboxylic acids is 1. The highest BCUT2D eigenvalue weighted by Gasteiger charge is 2.31. The van der Waals surface area contributed by atoms with E-state index in [9.17, 15) is 18.0 Å². The second kappa shape index (κ2) is 6.53. The predicted molar refractivity (Wildman–Crippen MR) is 91.6 cm³/mol. The largest absolute Gasteiger partial charge is 0.484 e. The monoisotopic (exact) mass is 383 g/mol. The van der Waals surface area contributed by atoms with Crippen molar-refractivity contribution in [3.8, 4) is 5.75 Å². The number of halogens is 4. The molecule has 5 nitrogen and oxygen atoms in total. The highest BCUT2D eigenvalue weighted by atomic mass is 35.5. The number of nitrogens with zero attached hydrogens (tertiary/aromatic N) is 2. The summed E-state index contributed by atoms with van der Waals surface area (Å²) < 4.78 is 43.7. The Kier molecular flexibility index (Phi) is 4.53. The lowest BCUT2D eigenvalue weighted by Crippen LogP contribution is -2.33. The SMILES string of the molecule is CC1Oc2cc(Cl)ccc2/C1=N/N(C(N)=O)c1ccc(C(F)(F)F)cc1. The van der Waals surface area contributed by atoms with Crippen molar-refractivity contribution in [2.75, 3.05) is 5.01 Å². The smallest absolute Gasteiger partial charge is 0.416 e. The van der Waals surface area contributed by atoms with Gasteiger partial charge in [-0.2, -0.15) is 23.3 Å². The number of benzene rings is 2. The number of hydrogen-bond acceptors (Lipinski definition) is 3. The highest BCUT2D eigenvalue weighted by molar-refractivity contribution is 6.31. The van der Waals surface area contributed by atoms with Crippen LogP contribution in [-0.4, -0.2) is 17.8 Å². The molecular weight excluding hydrogens is 371 g/mol. The Balaban J connectivity index is 2.00. The number of hydrogen-bond donors (Lipinski definition) is 1. The van der Waals surface area contributed by atoms with Crippen molar-refractivity contribution in [2.24, 2.45) is 10.8 Å². The highest BCUT2D eigenvalue weighted by Crippen LogP contribution is 2.33. The molecule has 1 unspecified atom stereocenters. The van der Waals surface area contributed by atoms with Gasteiger partial charge >= 0.3 is 12.2 Å². The number of alkyl halides is 3. The predicted octanol–water partition coefficient (Wildman–Crippen LogP) is 4.43. The molecule has 1 atom stereocenters. The van der Waals surface area contributed by atoms with Gasteiger partial charge in [-0.25, -0.2) is 4.79 Å². The first-order chi connectivity index (χ1) is 12.2. The van der Waals surface area contributed by atoms with Crippen molar-refractivity contribution >= 4 is 29.0 Å². The molecule has 0 aromatic heterocycles. The summed E-state index contributed by atoms with van der Waals surface area (Å²) in [4.78, 5) is 11.8. The number of carbonyl (C=O) groups is 1. The molecule has 1 heterocycles. The summed E-state index contributed by atoms with van der Waals surface area (Å²) in [5.41, 5.74) is 5.66. The second-order valence-corrected chi connectivity index (χ2v) is 6.02. The Hall–Kier alpha value is -2.74. The van der Waals surface area contributed by atoms with Gasteiger partial charge in [-0.05, 0) is 49.4 Å². The van der Waals surface area contributed by atoms with Crippen LogP contribution in [0.5, 0.6) is 5.75 Å². The molecule has 0 bridgehead atoms. The van der Waals surface area contributed by atoms with Crippen LogP contribution in [0.4, 0.5) is 23.7 Å². The van der Waals surface area contributed by atoms with Gasteiger partial charge in [0, 0.05) is 10.6 Å². The van der Waals surface area contributed by atoms with E-state index in [-0.39, 0.29) is 5.69 Å². The number of ether oxygens (including phenoxy) is 1. The molecular formula is C17H13ClF3N3O2. The van der Waals surface area contributed by atoms with E-state index in [0.29, 0.717) is 22.0 Å². The molecule has 1 aliphatic rings. The first kappa shape index (κ1) is 18.1. The summed E-state index contributed by atoms with van der Waals surface area (Å²) in [6.45, 7) is 1.72. The summed E-state index contributed by atoms with van der Waals surface area (Å²) in [5, 5.41) is 5.53. The zero-order chi connectivity index (χ0) is 19.1. The molecule has 2 aromatic rings. The molecule has 2 aromatic carbocycles. The number of rotatable bonds is 2. The van der Waals surface area contributed by atoms with Gasteiger partial charge in [0.15, 0.2) is 0 Å². The normalized spacial score (nSPS) is 17.7. The van der Waals surface area contributed by atoms with E-state index < -0.39 is 23.9 Å². The van der Waals surface area contributed by atoms with E-state index in [1.165, 1.54) is 0 Å². The minimum atomic E-state index is -4.48. The zero-order valence-corrected chi connectivity index (χ0v) is 14.2. The van der Waals surface area contributed by atoms with Crippen LogP contribution in [0, 0.1) is 0 Å². The number of fused-ring (bicyclic) bond motifs is 1. The van der Waals surface area contributed by atoms with Gasteiger partial charge in [-0.15, -0.1) is 0 Å². The first-order valence-corrected chi connectivity index (χ1v) is 7.86. The fourth-order valence-electron chi connectivity index (χ4n) is 2.54. The molecule has 2 amide bonds. The van der Waals surface area contributed by atoms with Crippen molar-refractivity contribution in [1.82, 2.24) is 0 Å². The fraction of sp³-hybridized carbons (Fsp3) is 0.176. The standard InChI is InChI=1S/C17H13ClF3N3O2/c1-9-15(13-7-4-11(18)8-14(13)26-9)23-24(16(22)25)12-5-2-10(3-6-12)17(19,20)21/h2-9H,1H3,(H2,22,25)/b23-15+. The van der Waals surface area contributed by atoms with Gasteiger partial charge in [0.2, 0.25) is 0 Å². The fourth-order valence-corrected chi connectivity index (χ4v) is 2.70. The Labute approximate surface area is 151 Å². The molecule has 9 heteroatoms. The quantitative estimate of drug-likeness (QED) is 0.779. The Bertz CT molecular complexity index is 882. The minimum Gasteiger partial charge on any atom is -0.484 e. The number of urea groups is 1. The molecule has 0 radical (unpaired) electrons. The first-order valence-electron chi connectivity index (χ1n) is 7.48. The van der Waals surface area contributed by atoms with Crippen LogP contribution in [0.3, 0.4) is 0 Å². The molecule has 0 fully saturated rings. The van der Waals surface area contributed by atoms with Crippen LogP contribution in [0.15, 0.2) is 47.6 Å². The van der Waals surface area contributed by atoms with E-state index in [4.69, 9.17) is 22.1 Å². The van der Waals surface area contributed by atoms with E-state index in [1.807, 2.05) is 0 Å². The molecule has 136 valence electrons. The summed E-state index contributed by atoms with van der Waals surface area (Å²) in [5.74, 6) is 0.501. The van der Waals surface area contributed by atoms with Gasteiger partial charge in [0.25, 0.3) is 0 Å². The third-order valence-electron chi connectivity index (χ3n) is 3.76. The van der Waals surface area contributed by atoms with Crippen LogP contribution in [0.1, 0.15) is 18.1 Å². The Morgan fingerprint density at radius 2 is 1.88 bits per heavy atom. The van der Waals surface area contributed by atoms with Crippen LogP contribution in [-0.2, 0) is 6.18 Å². The second-order valence-electron chi connectivity index (χ2n) is 5.58. The lowest BCUT2D eigenvalue weighted by atomic mass is 10.1. The van der Waals surface area contributed by atoms with Gasteiger partial charge in [-0.3, -0.25) is 0 Å². The summed E-state index contributed by atoms with van der Waals surface area (Å²) in [6, 6.07) is 7.97. The van der Waals surface area contributed by atoms with Crippen molar-refractivity contribution in [1.29, 1.82) is 0 Å². The number of hydrazone groups is 1. The van der Waals surface area contributed by atoms with E-state index in [0.717, 1.165) is 29.3 Å². The average Bonchev–Trinajstić information content (AvgIpc) is 2.86. The third-order valence-corrected chi connectivity index (χ3v) is 4.00. The maximum atomic E-state index is 12.7. The lowest BCUT2D eigenvalue weighted by molar-refractivity contribution is -0.137. The lowest BCUT2D eigenvalue weighted by Gasteiger charge is -2.17. The van der Waals surface area contributed by atoms with E-state index >= 15 is 0 Å². The van der Waals surface area contributed by atoms with Crippen molar-refractivity contribution in [2.45, 2.75) is 19.2 Å². The van der Waals surface area contributed by atoms with Crippen LogP contribution < -0.4 is 15.5 Å². The number of anilines is 1. The molecule has 1 aliphatic heterocycles. The molecule has 3 rings (SSSR count). The van der Waals surface area contributed by atoms with E-state index in [1.54, 1.807) is 25.1 Å². The molecule has 0 saturated heterocycles. The number of nitrogens with two attached hydrogens (primary N) is 1. The minimum absolute atomic E-state index is 0.104. The van der Waals surface area contributed by atoms with Gasteiger partial charge in [0.05, 0.1) is 11.3 Å². The van der Waals surface area contributed by atoms with Gasteiger partial charge in [0.1, 0.15) is 17.6 Å². The van der Waals surface area contributed by atoms with Crippen molar-refractivity contribution < 1.29 is 22.7 Å². The third kappa shape index (κ3) is 3.45. The maximum absolute atomic E-state index is 12.7. The Morgan fingerprint density at radius 1 is 1.23 bits per heavy atom. The zero-order valence-electron chi connectivity index (χ0n) is 13.4. The van der Waals surface area contributed by atoms with Gasteiger partial charge in [-0.1, -0.05) is 11.6 Å². The number of primary amides is 1. The topological polar surface area (TPSA) is 67.9 Å². The molecule has 26 heavy (non-hydrogen) atoms. The maximum Gasteiger partial charge on any atom is 0.416 e. The summed E-state index contributed by atoms with van der Waals surface area (Å²) >= 11 is 5.93. The molecule has 0 aliphatic carbocycles. The Morgan fingerprint density at radius 3 is 2.46 bits per heavy atom. The van der Waals surface area contributed by atoms with Crippen molar-refractivity contribution in [3.05, 3.63) is 58.6 Å². The summed E-state index contributed by atoms with van der Waals surface area (Å²) in [6.07, 6.45) is -4.96. The average molecular weight is 384 g/mol. The summed E-state index contributed by atoms with van der Waals surface area (Å²) in [7, 11) is 0. The molecule has 2 N–H and O–H groups in total. The molecule has 0 spiro atoms. The number of amides is 2. The van der Waals surface area contributed by atoms with Crippen LogP contribution in [0.25, 0.3) is 0 Å².